The molecule has 1 amide bonds. The standard InChI is InChI=1S/C27H20N2O4/c1-17-13-25(30)33-23-16-24(32-2)21(15-20(17)23)29-22(14-18-9-5-3-6-10-18)27(31)28-26(29)19-11-7-4-8-12-19/h3-16H,1-2H3/b22-14+. The summed E-state index contributed by atoms with van der Waals surface area (Å²) in [6.45, 7) is 1.84. The normalized spacial score (nSPS) is 14.7. The summed E-state index contributed by atoms with van der Waals surface area (Å²) in [6.07, 6.45) is 1.81. The van der Waals surface area contributed by atoms with E-state index < -0.39 is 5.63 Å². The Labute approximate surface area is 190 Å². The number of anilines is 1. The van der Waals surface area contributed by atoms with E-state index in [4.69, 9.17) is 9.15 Å². The summed E-state index contributed by atoms with van der Waals surface area (Å²) >= 11 is 0. The lowest BCUT2D eigenvalue weighted by atomic mass is 10.1. The van der Waals surface area contributed by atoms with Crippen LogP contribution < -0.4 is 15.3 Å². The van der Waals surface area contributed by atoms with E-state index in [-0.39, 0.29) is 5.91 Å². The maximum Gasteiger partial charge on any atom is 0.336 e. The summed E-state index contributed by atoms with van der Waals surface area (Å²) in [7, 11) is 1.54. The minimum atomic E-state index is -0.428. The number of carbonyl (C=O) groups is 1. The molecule has 0 unspecified atom stereocenters. The molecule has 3 aromatic carbocycles. The van der Waals surface area contributed by atoms with E-state index in [9.17, 15) is 9.59 Å². The number of aliphatic imine (C=N–C) groups is 1. The highest BCUT2D eigenvalue weighted by atomic mass is 16.5. The second-order valence-corrected chi connectivity index (χ2v) is 7.65. The van der Waals surface area contributed by atoms with Gasteiger partial charge in [-0.1, -0.05) is 60.7 Å². The molecule has 4 aromatic rings. The number of nitrogens with zero attached hydrogens (tertiary/aromatic N) is 2. The van der Waals surface area contributed by atoms with Crippen LogP contribution in [0.3, 0.4) is 0 Å². The van der Waals surface area contributed by atoms with Crippen LogP contribution in [0, 0.1) is 6.92 Å². The molecule has 0 aliphatic carbocycles. The molecule has 33 heavy (non-hydrogen) atoms. The Hall–Kier alpha value is -4.45. The monoisotopic (exact) mass is 436 g/mol. The van der Waals surface area contributed by atoms with Gasteiger partial charge in [-0.15, -0.1) is 0 Å². The Kier molecular flexibility index (Phi) is 5.11. The molecule has 1 aliphatic heterocycles. The number of amidine groups is 1. The third-order valence-electron chi connectivity index (χ3n) is 5.51. The van der Waals surface area contributed by atoms with Gasteiger partial charge in [-0.3, -0.25) is 9.69 Å². The van der Waals surface area contributed by atoms with Crippen LogP contribution in [0.15, 0.2) is 98.8 Å². The van der Waals surface area contributed by atoms with E-state index in [1.165, 1.54) is 13.2 Å². The van der Waals surface area contributed by atoms with Crippen LogP contribution >= 0.6 is 0 Å². The van der Waals surface area contributed by atoms with Crippen molar-refractivity contribution >= 4 is 34.5 Å². The van der Waals surface area contributed by atoms with Gasteiger partial charge in [-0.25, -0.2) is 4.79 Å². The van der Waals surface area contributed by atoms with E-state index in [1.807, 2.05) is 79.7 Å². The Bertz CT molecular complexity index is 1490. The second-order valence-electron chi connectivity index (χ2n) is 7.65. The molecule has 0 saturated carbocycles. The highest BCUT2D eigenvalue weighted by molar-refractivity contribution is 6.28. The van der Waals surface area contributed by atoms with E-state index in [0.717, 1.165) is 22.1 Å². The maximum atomic E-state index is 13.1. The molecule has 0 atom stereocenters. The second kappa shape index (κ2) is 8.24. The SMILES string of the molecule is COc1cc2oc(=O)cc(C)c2cc1N1C(c2ccccc2)=NC(=O)/C1=C\c1ccccc1. The zero-order valence-corrected chi connectivity index (χ0v) is 18.1. The lowest BCUT2D eigenvalue weighted by molar-refractivity contribution is -0.113. The van der Waals surface area contributed by atoms with Crippen molar-refractivity contribution in [3.63, 3.8) is 0 Å². The van der Waals surface area contributed by atoms with Crippen molar-refractivity contribution < 1.29 is 13.9 Å². The lowest BCUT2D eigenvalue weighted by Gasteiger charge is -2.24. The van der Waals surface area contributed by atoms with Crippen molar-refractivity contribution in [2.75, 3.05) is 12.0 Å². The van der Waals surface area contributed by atoms with Gasteiger partial charge in [0.15, 0.2) is 0 Å². The highest BCUT2D eigenvalue weighted by Crippen LogP contribution is 2.39. The third-order valence-corrected chi connectivity index (χ3v) is 5.51. The van der Waals surface area contributed by atoms with Crippen LogP contribution in [0.5, 0.6) is 5.75 Å². The largest absolute Gasteiger partial charge is 0.494 e. The van der Waals surface area contributed by atoms with Crippen molar-refractivity contribution in [3.8, 4) is 5.75 Å². The minimum absolute atomic E-state index is 0.351. The van der Waals surface area contributed by atoms with E-state index in [1.54, 1.807) is 11.0 Å². The molecule has 0 spiro atoms. The number of benzene rings is 3. The van der Waals surface area contributed by atoms with Crippen molar-refractivity contribution in [2.24, 2.45) is 4.99 Å². The quantitative estimate of drug-likeness (QED) is 0.335. The van der Waals surface area contributed by atoms with E-state index >= 15 is 0 Å². The van der Waals surface area contributed by atoms with Crippen molar-refractivity contribution in [2.45, 2.75) is 6.92 Å². The number of ether oxygens (including phenoxy) is 1. The predicted molar refractivity (Wildman–Crippen MR) is 129 cm³/mol. The van der Waals surface area contributed by atoms with Crippen LogP contribution in [0.4, 0.5) is 5.69 Å². The Morgan fingerprint density at radius 1 is 0.939 bits per heavy atom. The summed E-state index contributed by atoms with van der Waals surface area (Å²) in [4.78, 5) is 31.2. The van der Waals surface area contributed by atoms with Gasteiger partial charge in [0.1, 0.15) is 22.9 Å². The van der Waals surface area contributed by atoms with Crippen molar-refractivity contribution in [1.29, 1.82) is 0 Å². The number of hydrogen-bond donors (Lipinski definition) is 0. The first-order valence-electron chi connectivity index (χ1n) is 10.4. The number of methoxy groups -OCH3 is 1. The van der Waals surface area contributed by atoms with Gasteiger partial charge in [-0.05, 0) is 30.2 Å². The fourth-order valence-corrected chi connectivity index (χ4v) is 3.94. The molecule has 6 heteroatoms. The lowest BCUT2D eigenvalue weighted by Crippen LogP contribution is -2.27. The number of carbonyl (C=O) groups excluding carboxylic acids is 1. The van der Waals surface area contributed by atoms with Crippen LogP contribution in [-0.4, -0.2) is 18.9 Å². The molecular weight excluding hydrogens is 416 g/mol. The van der Waals surface area contributed by atoms with Crippen LogP contribution in [0.25, 0.3) is 17.0 Å². The third kappa shape index (κ3) is 3.72. The molecule has 0 bridgehead atoms. The summed E-state index contributed by atoms with van der Waals surface area (Å²) in [5.41, 5.74) is 3.44. The van der Waals surface area contributed by atoms with Crippen molar-refractivity contribution in [1.82, 2.24) is 0 Å². The van der Waals surface area contributed by atoms with Crippen LogP contribution in [0.1, 0.15) is 16.7 Å². The van der Waals surface area contributed by atoms with E-state index in [2.05, 4.69) is 4.99 Å². The number of fused-ring (bicyclic) bond motifs is 1. The summed E-state index contributed by atoms with van der Waals surface area (Å²) in [5.74, 6) is 0.597. The number of hydrogen-bond acceptors (Lipinski definition) is 5. The molecule has 5 rings (SSSR count). The van der Waals surface area contributed by atoms with Gasteiger partial charge in [0.2, 0.25) is 0 Å². The van der Waals surface area contributed by atoms with Gasteiger partial charge in [0.05, 0.1) is 12.8 Å². The van der Waals surface area contributed by atoms with Gasteiger partial charge >= 0.3 is 5.63 Å². The number of rotatable bonds is 4. The molecule has 162 valence electrons. The molecule has 6 nitrogen and oxygen atoms in total. The fourth-order valence-electron chi connectivity index (χ4n) is 3.94. The Balaban J connectivity index is 1.78. The maximum absolute atomic E-state index is 13.1. The van der Waals surface area contributed by atoms with Crippen molar-refractivity contribution in [3.05, 3.63) is 112 Å². The molecular formula is C27H20N2O4. The van der Waals surface area contributed by atoms with Crippen LogP contribution in [0.2, 0.25) is 0 Å². The average molecular weight is 436 g/mol. The average Bonchev–Trinajstić information content (AvgIpc) is 3.15. The minimum Gasteiger partial charge on any atom is -0.494 e. The first-order chi connectivity index (χ1) is 16.0. The highest BCUT2D eigenvalue weighted by Gasteiger charge is 2.34. The summed E-state index contributed by atoms with van der Waals surface area (Å²) < 4.78 is 11.1. The van der Waals surface area contributed by atoms with Gasteiger partial charge < -0.3 is 9.15 Å². The zero-order chi connectivity index (χ0) is 22.9. The summed E-state index contributed by atoms with van der Waals surface area (Å²) in [6, 6.07) is 24.1. The molecule has 0 radical (unpaired) electrons. The Morgan fingerprint density at radius 2 is 1.64 bits per heavy atom. The predicted octanol–water partition coefficient (Wildman–Crippen LogP) is 4.94. The molecule has 0 N–H and O–H groups in total. The molecule has 2 heterocycles. The van der Waals surface area contributed by atoms with Gasteiger partial charge in [-0.2, -0.15) is 4.99 Å². The molecule has 0 fully saturated rings. The topological polar surface area (TPSA) is 72.1 Å². The molecule has 1 aliphatic rings. The first kappa shape index (κ1) is 20.5. The summed E-state index contributed by atoms with van der Waals surface area (Å²) in [5, 5.41) is 0.747. The van der Waals surface area contributed by atoms with Crippen LogP contribution in [-0.2, 0) is 4.79 Å². The Morgan fingerprint density at radius 3 is 2.33 bits per heavy atom. The molecule has 1 aromatic heterocycles. The zero-order valence-electron chi connectivity index (χ0n) is 18.1. The first-order valence-corrected chi connectivity index (χ1v) is 10.4. The van der Waals surface area contributed by atoms with E-state index in [0.29, 0.717) is 28.6 Å². The molecule has 0 saturated heterocycles. The van der Waals surface area contributed by atoms with Gasteiger partial charge in [0.25, 0.3) is 5.91 Å². The van der Waals surface area contributed by atoms with Gasteiger partial charge in [0, 0.05) is 23.1 Å². The number of aryl methyl sites for hydroxylation is 1. The number of amides is 1. The smallest absolute Gasteiger partial charge is 0.336 e. The fraction of sp³-hybridized carbons (Fsp3) is 0.0741.